The molecule has 0 unspecified atom stereocenters. The molecule has 0 aromatic carbocycles. The highest BCUT2D eigenvalue weighted by Gasteiger charge is 2.86. The van der Waals surface area contributed by atoms with Gasteiger partial charge >= 0.3 is 24.1 Å². The number of hydrogen-bond donors (Lipinski definition) is 2. The van der Waals surface area contributed by atoms with Crippen molar-refractivity contribution in [3.63, 3.8) is 0 Å². The van der Waals surface area contributed by atoms with Gasteiger partial charge in [0.2, 0.25) is 0 Å². The van der Waals surface area contributed by atoms with Crippen molar-refractivity contribution in [3.05, 3.63) is 0 Å². The summed E-state index contributed by atoms with van der Waals surface area (Å²) in [6.07, 6.45) is -24.6. The zero-order valence-corrected chi connectivity index (χ0v) is 24.4. The van der Waals surface area contributed by atoms with Gasteiger partial charge in [0.05, 0.1) is 25.4 Å². The molecule has 0 saturated carbocycles. The summed E-state index contributed by atoms with van der Waals surface area (Å²) in [5.41, 5.74) is -10.2. The van der Waals surface area contributed by atoms with E-state index in [0.717, 1.165) is 10.1 Å². The molecular formula is C25H41F9N2O5. The highest BCUT2D eigenvalue weighted by molar-refractivity contribution is 5.04. The Kier molecular flexibility index (Phi) is 9.93. The minimum absolute atomic E-state index is 0.0702. The second kappa shape index (κ2) is 11.2. The van der Waals surface area contributed by atoms with E-state index in [2.05, 4.69) is 4.74 Å². The number of hydroxylamine groups is 4. The van der Waals surface area contributed by atoms with Crippen LogP contribution in [0.3, 0.4) is 0 Å². The van der Waals surface area contributed by atoms with E-state index in [9.17, 15) is 49.9 Å². The minimum atomic E-state index is -6.92. The molecule has 2 heterocycles. The van der Waals surface area contributed by atoms with Crippen molar-refractivity contribution >= 4 is 0 Å². The van der Waals surface area contributed by atoms with Crippen LogP contribution < -0.4 is 0 Å². The van der Waals surface area contributed by atoms with Crippen LogP contribution in [0, 0.1) is 0 Å². The zero-order valence-electron chi connectivity index (χ0n) is 24.4. The maximum absolute atomic E-state index is 13.7. The molecule has 2 rings (SSSR count). The summed E-state index contributed by atoms with van der Waals surface area (Å²) in [6.45, 7) is 10.8. The predicted octanol–water partition coefficient (Wildman–Crippen LogP) is 6.65. The van der Waals surface area contributed by atoms with Crippen molar-refractivity contribution in [1.29, 1.82) is 0 Å². The first-order chi connectivity index (χ1) is 18.0. The van der Waals surface area contributed by atoms with Gasteiger partial charge in [0.15, 0.2) is 0 Å². The van der Waals surface area contributed by atoms with E-state index in [1.54, 1.807) is 55.4 Å². The molecule has 2 saturated heterocycles. The van der Waals surface area contributed by atoms with Crippen LogP contribution in [0.25, 0.3) is 0 Å². The SMILES string of the molecule is CC1(C)CC(OCC(COC2CC(C)(C)N(O)C(C)(C)C2)OC(C(F)(F)F)(C(F)(F)F)C(F)(F)F)CC(C)(C)N1O. The average molecular weight is 621 g/mol. The molecule has 2 N–H and O–H groups in total. The number of nitrogens with zero attached hydrogens (tertiary/aromatic N) is 2. The van der Waals surface area contributed by atoms with Gasteiger partial charge < -0.3 is 24.6 Å². The van der Waals surface area contributed by atoms with Gasteiger partial charge in [-0.15, -0.1) is 0 Å². The summed E-state index contributed by atoms with van der Waals surface area (Å²) in [5.74, 6) is 0. The lowest BCUT2D eigenvalue weighted by Crippen LogP contribution is -2.69. The van der Waals surface area contributed by atoms with Crippen molar-refractivity contribution in [3.8, 4) is 0 Å². The van der Waals surface area contributed by atoms with Crippen molar-refractivity contribution in [2.45, 2.75) is 146 Å². The molecule has 2 aliphatic heterocycles. The number of hydrogen-bond acceptors (Lipinski definition) is 7. The summed E-state index contributed by atoms with van der Waals surface area (Å²) >= 11 is 0. The molecule has 41 heavy (non-hydrogen) atoms. The van der Waals surface area contributed by atoms with Gasteiger partial charge in [-0.3, -0.25) is 0 Å². The molecule has 16 heteroatoms. The molecule has 0 atom stereocenters. The Morgan fingerprint density at radius 1 is 0.585 bits per heavy atom. The summed E-state index contributed by atoms with van der Waals surface area (Å²) in [5, 5.41) is 23.0. The summed E-state index contributed by atoms with van der Waals surface area (Å²) in [6, 6.07) is 0. The van der Waals surface area contributed by atoms with Crippen LogP contribution in [-0.2, 0) is 14.2 Å². The van der Waals surface area contributed by atoms with Gasteiger partial charge in [-0.25, -0.2) is 0 Å². The quantitative estimate of drug-likeness (QED) is 0.295. The highest BCUT2D eigenvalue weighted by Crippen LogP contribution is 2.55. The van der Waals surface area contributed by atoms with Crippen LogP contribution >= 0.6 is 0 Å². The largest absolute Gasteiger partial charge is 0.435 e. The van der Waals surface area contributed by atoms with Crippen LogP contribution in [0.5, 0.6) is 0 Å². The molecule has 0 radical (unpaired) electrons. The molecule has 0 aromatic rings. The van der Waals surface area contributed by atoms with Crippen LogP contribution in [-0.4, -0.2) is 98.4 Å². The lowest BCUT2D eigenvalue weighted by atomic mass is 9.80. The second-order valence-corrected chi connectivity index (χ2v) is 13.5. The Morgan fingerprint density at radius 2 is 0.829 bits per heavy atom. The lowest BCUT2D eigenvalue weighted by molar-refractivity contribution is -0.466. The third kappa shape index (κ3) is 7.43. The molecule has 0 aromatic heterocycles. The first kappa shape index (κ1) is 36.3. The van der Waals surface area contributed by atoms with Crippen molar-refractivity contribution < 1.29 is 64.1 Å². The molecule has 244 valence electrons. The van der Waals surface area contributed by atoms with E-state index in [1.807, 2.05) is 0 Å². The standard InChI is InChI=1S/C25H41F9N2O5/c1-18(2)9-15(10-19(3,4)35(18)37)39-13-17(14-40-16-11-20(5,6)36(38)21(7,8)12-16)41-22(23(26,27)28,24(29,30)31)25(32,33)34/h15-17,37-38H,9-14H2,1-8H3. The first-order valence-electron chi connectivity index (χ1n) is 13.1. The molecular weight excluding hydrogens is 579 g/mol. The van der Waals surface area contributed by atoms with E-state index >= 15 is 0 Å². The van der Waals surface area contributed by atoms with E-state index in [4.69, 9.17) is 9.47 Å². The smallest absolute Gasteiger partial charge is 0.375 e. The molecule has 0 aliphatic carbocycles. The molecule has 2 fully saturated rings. The fraction of sp³-hybridized carbons (Fsp3) is 1.00. The Bertz CT molecular complexity index is 785. The lowest BCUT2D eigenvalue weighted by Gasteiger charge is -2.51. The number of rotatable bonds is 8. The van der Waals surface area contributed by atoms with Gasteiger partial charge in [-0.05, 0) is 81.1 Å². The van der Waals surface area contributed by atoms with E-state index in [-0.39, 0.29) is 25.7 Å². The third-order valence-corrected chi connectivity index (χ3v) is 7.78. The van der Waals surface area contributed by atoms with Gasteiger partial charge in [0.1, 0.15) is 6.10 Å². The maximum atomic E-state index is 13.7. The van der Waals surface area contributed by atoms with Crippen molar-refractivity contribution in [2.24, 2.45) is 0 Å². The number of halogens is 9. The number of alkyl halides is 9. The fourth-order valence-electron chi connectivity index (χ4n) is 6.13. The van der Waals surface area contributed by atoms with E-state index in [0.29, 0.717) is 0 Å². The van der Waals surface area contributed by atoms with E-state index in [1.165, 1.54) is 0 Å². The first-order valence-corrected chi connectivity index (χ1v) is 13.1. The Labute approximate surface area is 233 Å². The Morgan fingerprint density at radius 3 is 1.05 bits per heavy atom. The fourth-order valence-corrected chi connectivity index (χ4v) is 6.13. The van der Waals surface area contributed by atoms with Gasteiger partial charge in [-0.1, -0.05) is 0 Å². The molecule has 2 aliphatic rings. The second-order valence-electron chi connectivity index (χ2n) is 13.5. The number of piperidine rings is 2. The summed E-state index contributed by atoms with van der Waals surface area (Å²) in [4.78, 5) is 0. The van der Waals surface area contributed by atoms with Crippen LogP contribution in [0.4, 0.5) is 39.5 Å². The molecule has 7 nitrogen and oxygen atoms in total. The minimum Gasteiger partial charge on any atom is -0.375 e. The Hall–Kier alpha value is -0.910. The maximum Gasteiger partial charge on any atom is 0.435 e. The topological polar surface area (TPSA) is 74.6 Å². The van der Waals surface area contributed by atoms with Gasteiger partial charge in [0, 0.05) is 22.2 Å². The molecule has 0 spiro atoms. The molecule has 0 amide bonds. The molecule has 0 bridgehead atoms. The van der Waals surface area contributed by atoms with Crippen molar-refractivity contribution in [2.75, 3.05) is 13.2 Å². The van der Waals surface area contributed by atoms with Crippen LogP contribution in [0.2, 0.25) is 0 Å². The predicted molar refractivity (Wildman–Crippen MR) is 127 cm³/mol. The van der Waals surface area contributed by atoms with Gasteiger partial charge in [-0.2, -0.15) is 49.6 Å². The number of ether oxygens (including phenoxy) is 3. The monoisotopic (exact) mass is 620 g/mol. The highest BCUT2D eigenvalue weighted by atomic mass is 19.4. The van der Waals surface area contributed by atoms with E-state index < -0.39 is 77.8 Å². The Balaban J connectivity index is 2.40. The van der Waals surface area contributed by atoms with Gasteiger partial charge in [0.25, 0.3) is 0 Å². The van der Waals surface area contributed by atoms with Crippen molar-refractivity contribution in [1.82, 2.24) is 10.1 Å². The normalized spacial score (nSPS) is 25.2. The summed E-state index contributed by atoms with van der Waals surface area (Å²) < 4.78 is 138. The third-order valence-electron chi connectivity index (χ3n) is 7.78. The summed E-state index contributed by atoms with van der Waals surface area (Å²) in [7, 11) is 0. The average Bonchev–Trinajstić information content (AvgIpc) is 2.71. The zero-order chi connectivity index (χ0) is 32.3. The van der Waals surface area contributed by atoms with Crippen LogP contribution in [0.1, 0.15) is 81.1 Å². The van der Waals surface area contributed by atoms with Crippen LogP contribution in [0.15, 0.2) is 0 Å².